The van der Waals surface area contributed by atoms with Gasteiger partial charge >= 0.3 is 12.3 Å². The minimum absolute atomic E-state index is 0.124. The van der Waals surface area contributed by atoms with E-state index in [1.807, 2.05) is 5.32 Å². The Hall–Kier alpha value is -1.76. The molecule has 7 heteroatoms. The topological polar surface area (TPSA) is 69.6 Å². The van der Waals surface area contributed by atoms with Crippen LogP contribution in [-0.2, 0) is 6.18 Å². The van der Waals surface area contributed by atoms with E-state index in [9.17, 15) is 18.0 Å². The summed E-state index contributed by atoms with van der Waals surface area (Å²) in [5.41, 5.74) is -0.988. The molecule has 1 aromatic carbocycles. The molecule has 100 valence electrons. The van der Waals surface area contributed by atoms with Crippen LogP contribution in [-0.4, -0.2) is 29.5 Å². The molecule has 0 aliphatic carbocycles. The minimum atomic E-state index is -4.53. The van der Waals surface area contributed by atoms with Crippen molar-refractivity contribution in [3.8, 4) is 0 Å². The van der Waals surface area contributed by atoms with Gasteiger partial charge in [0.1, 0.15) is 0 Å². The Morgan fingerprint density at radius 2 is 1.94 bits per heavy atom. The molecular formula is C11H12F3NO3. The lowest BCUT2D eigenvalue weighted by Gasteiger charge is -2.19. The highest BCUT2D eigenvalue weighted by molar-refractivity contribution is 5.64. The average molecular weight is 263 g/mol. The summed E-state index contributed by atoms with van der Waals surface area (Å²) < 4.78 is 38.2. The van der Waals surface area contributed by atoms with E-state index in [0.29, 0.717) is 0 Å². The lowest BCUT2D eigenvalue weighted by Crippen LogP contribution is -2.29. The van der Waals surface area contributed by atoms with E-state index < -0.39 is 30.4 Å². The summed E-state index contributed by atoms with van der Waals surface area (Å²) in [6, 6.07) is 4.78. The van der Waals surface area contributed by atoms with E-state index >= 15 is 0 Å². The molecule has 0 saturated carbocycles. The Morgan fingerprint density at radius 1 is 1.33 bits per heavy atom. The highest BCUT2D eigenvalue weighted by Crippen LogP contribution is 2.34. The number of amides is 1. The maximum Gasteiger partial charge on any atom is 0.416 e. The molecule has 0 aromatic heterocycles. The van der Waals surface area contributed by atoms with Crippen LogP contribution in [0.3, 0.4) is 0 Å². The zero-order chi connectivity index (χ0) is 13.8. The van der Waals surface area contributed by atoms with Gasteiger partial charge in [-0.25, -0.2) is 4.79 Å². The average Bonchev–Trinajstić information content (AvgIpc) is 2.29. The maximum atomic E-state index is 12.7. The number of carbonyl (C=O) groups is 1. The Kier molecular flexibility index (Phi) is 4.55. The van der Waals surface area contributed by atoms with E-state index in [-0.39, 0.29) is 12.1 Å². The molecule has 0 bridgehead atoms. The number of aliphatic hydroxyl groups excluding tert-OH is 1. The fraction of sp³-hybridized carbons (Fsp3) is 0.364. The second-order valence-electron chi connectivity index (χ2n) is 3.65. The van der Waals surface area contributed by atoms with Gasteiger partial charge in [-0.15, -0.1) is 0 Å². The second kappa shape index (κ2) is 5.72. The van der Waals surface area contributed by atoms with Gasteiger partial charge in [0.25, 0.3) is 0 Å². The van der Waals surface area contributed by atoms with E-state index in [2.05, 4.69) is 0 Å². The van der Waals surface area contributed by atoms with Crippen LogP contribution in [0.2, 0.25) is 0 Å². The van der Waals surface area contributed by atoms with Crippen LogP contribution in [0, 0.1) is 0 Å². The van der Waals surface area contributed by atoms with Crippen molar-refractivity contribution in [2.75, 3.05) is 13.2 Å². The van der Waals surface area contributed by atoms with Gasteiger partial charge in [0.05, 0.1) is 12.2 Å². The number of rotatable bonds is 4. The van der Waals surface area contributed by atoms with Crippen LogP contribution in [0.15, 0.2) is 24.3 Å². The van der Waals surface area contributed by atoms with Crippen molar-refractivity contribution in [3.63, 3.8) is 0 Å². The summed E-state index contributed by atoms with van der Waals surface area (Å²) in [4.78, 5) is 10.3. The number of hydrogen-bond donors (Lipinski definition) is 3. The zero-order valence-corrected chi connectivity index (χ0v) is 9.24. The molecule has 18 heavy (non-hydrogen) atoms. The van der Waals surface area contributed by atoms with Gasteiger partial charge in [-0.3, -0.25) is 0 Å². The highest BCUT2D eigenvalue weighted by atomic mass is 19.4. The van der Waals surface area contributed by atoms with Crippen LogP contribution >= 0.6 is 0 Å². The van der Waals surface area contributed by atoms with Gasteiger partial charge in [-0.1, -0.05) is 18.2 Å². The van der Waals surface area contributed by atoms with E-state index in [0.717, 1.165) is 6.07 Å². The van der Waals surface area contributed by atoms with Crippen LogP contribution in [0.5, 0.6) is 0 Å². The van der Waals surface area contributed by atoms with Crippen molar-refractivity contribution in [1.82, 2.24) is 5.32 Å². The Morgan fingerprint density at radius 3 is 2.44 bits per heavy atom. The normalized spacial score (nSPS) is 13.1. The molecule has 0 spiro atoms. The smallest absolute Gasteiger partial charge is 0.416 e. The predicted octanol–water partition coefficient (Wildman–Crippen LogP) is 2.05. The maximum absolute atomic E-state index is 12.7. The zero-order valence-electron chi connectivity index (χ0n) is 9.24. The monoisotopic (exact) mass is 263 g/mol. The molecule has 0 aliphatic rings. The van der Waals surface area contributed by atoms with Crippen molar-refractivity contribution in [3.05, 3.63) is 35.4 Å². The SMILES string of the molecule is O=C(O)NCC(CO)c1ccccc1C(F)(F)F. The number of benzene rings is 1. The summed E-state index contributed by atoms with van der Waals surface area (Å²) >= 11 is 0. The summed E-state index contributed by atoms with van der Waals surface area (Å²) in [6.45, 7) is -0.855. The van der Waals surface area contributed by atoms with Crippen molar-refractivity contribution >= 4 is 6.09 Å². The Bertz CT molecular complexity index is 420. The minimum Gasteiger partial charge on any atom is -0.465 e. The Labute approximate surface area is 101 Å². The molecule has 0 fully saturated rings. The first-order valence-corrected chi connectivity index (χ1v) is 5.10. The largest absolute Gasteiger partial charge is 0.465 e. The molecule has 0 heterocycles. The van der Waals surface area contributed by atoms with Crippen LogP contribution in [0.25, 0.3) is 0 Å². The van der Waals surface area contributed by atoms with Gasteiger partial charge in [-0.05, 0) is 11.6 Å². The lowest BCUT2D eigenvalue weighted by atomic mass is 9.94. The van der Waals surface area contributed by atoms with E-state index in [1.54, 1.807) is 0 Å². The van der Waals surface area contributed by atoms with Crippen molar-refractivity contribution in [2.24, 2.45) is 0 Å². The number of hydrogen-bond acceptors (Lipinski definition) is 2. The first kappa shape index (κ1) is 14.3. The Balaban J connectivity index is 3.02. The third-order valence-electron chi connectivity index (χ3n) is 2.43. The molecule has 0 saturated heterocycles. The molecule has 1 rings (SSSR count). The first-order chi connectivity index (χ1) is 8.36. The van der Waals surface area contributed by atoms with Crippen molar-refractivity contribution < 1.29 is 28.2 Å². The third-order valence-corrected chi connectivity index (χ3v) is 2.43. The second-order valence-corrected chi connectivity index (χ2v) is 3.65. The number of nitrogens with one attached hydrogen (secondary N) is 1. The number of halogens is 3. The van der Waals surface area contributed by atoms with Crippen molar-refractivity contribution in [1.29, 1.82) is 0 Å². The molecule has 0 radical (unpaired) electrons. The molecule has 3 N–H and O–H groups in total. The fourth-order valence-electron chi connectivity index (χ4n) is 1.59. The molecule has 1 aromatic rings. The summed E-state index contributed by atoms with van der Waals surface area (Å²) in [5, 5.41) is 19.5. The summed E-state index contributed by atoms with van der Waals surface area (Å²) in [6.07, 6.45) is -5.88. The number of aliphatic hydroxyl groups is 1. The molecule has 1 amide bonds. The van der Waals surface area contributed by atoms with Crippen LogP contribution in [0.4, 0.5) is 18.0 Å². The lowest BCUT2D eigenvalue weighted by molar-refractivity contribution is -0.138. The molecule has 0 aliphatic heterocycles. The molecule has 1 atom stereocenters. The molecule has 1 unspecified atom stereocenters. The van der Waals surface area contributed by atoms with E-state index in [1.165, 1.54) is 18.2 Å². The van der Waals surface area contributed by atoms with Gasteiger partial charge in [0.15, 0.2) is 0 Å². The quantitative estimate of drug-likeness (QED) is 0.778. The van der Waals surface area contributed by atoms with Gasteiger partial charge < -0.3 is 15.5 Å². The first-order valence-electron chi connectivity index (χ1n) is 5.10. The standard InChI is InChI=1S/C11H12F3NO3/c12-11(13,14)9-4-2-1-3-8(9)7(6-16)5-15-10(17)18/h1-4,7,15-16H,5-6H2,(H,17,18). The van der Waals surface area contributed by atoms with Crippen LogP contribution in [0.1, 0.15) is 17.0 Å². The number of alkyl halides is 3. The fourth-order valence-corrected chi connectivity index (χ4v) is 1.59. The van der Waals surface area contributed by atoms with Crippen LogP contribution < -0.4 is 5.32 Å². The molecular weight excluding hydrogens is 251 g/mol. The van der Waals surface area contributed by atoms with E-state index in [4.69, 9.17) is 10.2 Å². The molecule has 4 nitrogen and oxygen atoms in total. The highest BCUT2D eigenvalue weighted by Gasteiger charge is 2.34. The predicted molar refractivity (Wildman–Crippen MR) is 57.3 cm³/mol. The van der Waals surface area contributed by atoms with Gasteiger partial charge in [-0.2, -0.15) is 13.2 Å². The van der Waals surface area contributed by atoms with Gasteiger partial charge in [0.2, 0.25) is 0 Å². The van der Waals surface area contributed by atoms with Crippen molar-refractivity contribution in [2.45, 2.75) is 12.1 Å². The summed E-state index contributed by atoms with van der Waals surface area (Å²) in [5.74, 6) is -0.932. The third kappa shape index (κ3) is 3.63. The summed E-state index contributed by atoms with van der Waals surface area (Å²) in [7, 11) is 0. The number of carboxylic acid groups (broad SMARTS) is 1. The van der Waals surface area contributed by atoms with Gasteiger partial charge in [0, 0.05) is 12.5 Å².